The molecule has 18 heavy (non-hydrogen) atoms. The second kappa shape index (κ2) is 5.87. The SMILES string of the molecule is C/C(=N\O)c1ccc(C)cc1OCC1CCOC1. The van der Waals surface area contributed by atoms with Crippen LogP contribution >= 0.6 is 0 Å². The highest BCUT2D eigenvalue weighted by molar-refractivity contribution is 6.00. The molecule has 98 valence electrons. The Hall–Kier alpha value is -1.55. The molecule has 0 radical (unpaired) electrons. The molecule has 0 amide bonds. The minimum atomic E-state index is 0.463. The first-order valence-electron chi connectivity index (χ1n) is 6.21. The van der Waals surface area contributed by atoms with Crippen LogP contribution in [-0.2, 0) is 4.74 Å². The van der Waals surface area contributed by atoms with Crippen LogP contribution in [0.1, 0.15) is 24.5 Å². The zero-order valence-corrected chi connectivity index (χ0v) is 10.8. The van der Waals surface area contributed by atoms with E-state index in [-0.39, 0.29) is 0 Å². The van der Waals surface area contributed by atoms with Gasteiger partial charge in [0.15, 0.2) is 0 Å². The lowest BCUT2D eigenvalue weighted by Crippen LogP contribution is -2.13. The Morgan fingerprint density at radius 2 is 2.39 bits per heavy atom. The molecule has 0 saturated carbocycles. The first kappa shape index (κ1) is 12.9. The summed E-state index contributed by atoms with van der Waals surface area (Å²) in [5, 5.41) is 12.1. The average molecular weight is 249 g/mol. The summed E-state index contributed by atoms with van der Waals surface area (Å²) in [4.78, 5) is 0. The van der Waals surface area contributed by atoms with E-state index in [1.54, 1.807) is 6.92 Å². The van der Waals surface area contributed by atoms with Gasteiger partial charge in [0.25, 0.3) is 0 Å². The molecule has 0 bridgehead atoms. The summed E-state index contributed by atoms with van der Waals surface area (Å²) in [6, 6.07) is 5.88. The normalized spacial score (nSPS) is 20.1. The van der Waals surface area contributed by atoms with Crippen molar-refractivity contribution < 1.29 is 14.7 Å². The summed E-state index contributed by atoms with van der Waals surface area (Å²) in [6.45, 7) is 6.02. The fourth-order valence-electron chi connectivity index (χ4n) is 2.02. The Bertz CT molecular complexity index is 437. The number of ether oxygens (including phenoxy) is 2. The number of aryl methyl sites for hydroxylation is 1. The number of hydrogen-bond donors (Lipinski definition) is 1. The van der Waals surface area contributed by atoms with Crippen LogP contribution in [0.3, 0.4) is 0 Å². The van der Waals surface area contributed by atoms with E-state index in [1.807, 2.05) is 25.1 Å². The van der Waals surface area contributed by atoms with E-state index in [1.165, 1.54) is 0 Å². The summed E-state index contributed by atoms with van der Waals surface area (Å²) in [6.07, 6.45) is 1.05. The molecule has 1 atom stereocenters. The monoisotopic (exact) mass is 249 g/mol. The van der Waals surface area contributed by atoms with E-state index in [4.69, 9.17) is 14.7 Å². The third kappa shape index (κ3) is 3.01. The molecule has 1 aromatic carbocycles. The van der Waals surface area contributed by atoms with Crippen molar-refractivity contribution >= 4 is 5.71 Å². The van der Waals surface area contributed by atoms with Crippen LogP contribution in [0.25, 0.3) is 0 Å². The van der Waals surface area contributed by atoms with Crippen molar-refractivity contribution in [3.8, 4) is 5.75 Å². The molecule has 0 aromatic heterocycles. The van der Waals surface area contributed by atoms with E-state index in [0.29, 0.717) is 18.2 Å². The second-order valence-electron chi connectivity index (χ2n) is 4.73. The fraction of sp³-hybridized carbons (Fsp3) is 0.500. The number of hydrogen-bond acceptors (Lipinski definition) is 4. The third-order valence-electron chi connectivity index (χ3n) is 3.18. The number of rotatable bonds is 4. The van der Waals surface area contributed by atoms with Gasteiger partial charge in [0.1, 0.15) is 5.75 Å². The predicted molar refractivity (Wildman–Crippen MR) is 69.6 cm³/mol. The molecule has 0 spiro atoms. The number of benzene rings is 1. The van der Waals surface area contributed by atoms with Gasteiger partial charge in [-0.05, 0) is 38.0 Å². The van der Waals surface area contributed by atoms with Crippen LogP contribution < -0.4 is 4.74 Å². The summed E-state index contributed by atoms with van der Waals surface area (Å²) in [7, 11) is 0. The summed E-state index contributed by atoms with van der Waals surface area (Å²) in [5.41, 5.74) is 2.52. The van der Waals surface area contributed by atoms with E-state index in [2.05, 4.69) is 5.16 Å². The third-order valence-corrected chi connectivity index (χ3v) is 3.18. The van der Waals surface area contributed by atoms with Gasteiger partial charge in [-0.25, -0.2) is 0 Å². The maximum Gasteiger partial charge on any atom is 0.128 e. The minimum absolute atomic E-state index is 0.463. The highest BCUT2D eigenvalue weighted by Gasteiger charge is 2.17. The zero-order chi connectivity index (χ0) is 13.0. The Labute approximate surface area is 107 Å². The van der Waals surface area contributed by atoms with Crippen LogP contribution in [0.15, 0.2) is 23.4 Å². The molecule has 1 fully saturated rings. The molecule has 1 aromatic rings. The van der Waals surface area contributed by atoms with Gasteiger partial charge in [-0.3, -0.25) is 0 Å². The Morgan fingerprint density at radius 3 is 3.06 bits per heavy atom. The van der Waals surface area contributed by atoms with Gasteiger partial charge in [-0.1, -0.05) is 11.2 Å². The molecule has 4 heteroatoms. The summed E-state index contributed by atoms with van der Waals surface area (Å²) < 4.78 is 11.2. The molecule has 1 aliphatic heterocycles. The maximum atomic E-state index is 8.87. The molecule has 1 heterocycles. The molecule has 1 N–H and O–H groups in total. The fourth-order valence-corrected chi connectivity index (χ4v) is 2.02. The minimum Gasteiger partial charge on any atom is -0.493 e. The van der Waals surface area contributed by atoms with Crippen molar-refractivity contribution in [2.75, 3.05) is 19.8 Å². The second-order valence-corrected chi connectivity index (χ2v) is 4.73. The largest absolute Gasteiger partial charge is 0.493 e. The van der Waals surface area contributed by atoms with E-state index < -0.39 is 0 Å². The van der Waals surface area contributed by atoms with Crippen molar-refractivity contribution in [3.63, 3.8) is 0 Å². The summed E-state index contributed by atoms with van der Waals surface area (Å²) >= 11 is 0. The Balaban J connectivity index is 2.11. The van der Waals surface area contributed by atoms with Crippen molar-refractivity contribution in [3.05, 3.63) is 29.3 Å². The maximum absolute atomic E-state index is 8.87. The molecule has 1 saturated heterocycles. The highest BCUT2D eigenvalue weighted by atomic mass is 16.5. The lowest BCUT2D eigenvalue weighted by Gasteiger charge is -2.14. The van der Waals surface area contributed by atoms with Gasteiger partial charge in [-0.2, -0.15) is 0 Å². The van der Waals surface area contributed by atoms with Gasteiger partial charge in [0.2, 0.25) is 0 Å². The van der Waals surface area contributed by atoms with Crippen LogP contribution in [0.4, 0.5) is 0 Å². The van der Waals surface area contributed by atoms with Gasteiger partial charge in [0, 0.05) is 18.1 Å². The lowest BCUT2D eigenvalue weighted by atomic mass is 10.1. The van der Waals surface area contributed by atoms with Gasteiger partial charge < -0.3 is 14.7 Å². The van der Waals surface area contributed by atoms with Crippen molar-refractivity contribution in [1.29, 1.82) is 0 Å². The first-order valence-corrected chi connectivity index (χ1v) is 6.21. The van der Waals surface area contributed by atoms with E-state index >= 15 is 0 Å². The first-order chi connectivity index (χ1) is 8.70. The lowest BCUT2D eigenvalue weighted by molar-refractivity contribution is 0.167. The topological polar surface area (TPSA) is 51.1 Å². The zero-order valence-electron chi connectivity index (χ0n) is 10.8. The van der Waals surface area contributed by atoms with Gasteiger partial charge >= 0.3 is 0 Å². The molecule has 0 aliphatic carbocycles. The van der Waals surface area contributed by atoms with Crippen LogP contribution in [0.2, 0.25) is 0 Å². The van der Waals surface area contributed by atoms with Gasteiger partial charge in [-0.15, -0.1) is 0 Å². The predicted octanol–water partition coefficient (Wildman–Crippen LogP) is 2.61. The van der Waals surface area contributed by atoms with Crippen LogP contribution in [-0.4, -0.2) is 30.7 Å². The molecule has 4 nitrogen and oxygen atoms in total. The number of nitrogens with zero attached hydrogens (tertiary/aromatic N) is 1. The summed E-state index contributed by atoms with van der Waals surface area (Å²) in [5.74, 6) is 1.24. The Kier molecular flexibility index (Phi) is 4.20. The molecule has 1 aliphatic rings. The van der Waals surface area contributed by atoms with E-state index in [9.17, 15) is 0 Å². The highest BCUT2D eigenvalue weighted by Crippen LogP contribution is 2.23. The van der Waals surface area contributed by atoms with Gasteiger partial charge in [0.05, 0.1) is 18.9 Å². The quantitative estimate of drug-likeness (QED) is 0.507. The number of oxime groups is 1. The molecular weight excluding hydrogens is 230 g/mol. The standard InChI is InChI=1S/C14H19NO3/c1-10-3-4-13(11(2)15-16)14(7-10)18-9-12-5-6-17-8-12/h3-4,7,12,16H,5-6,8-9H2,1-2H3/b15-11+. The van der Waals surface area contributed by atoms with E-state index in [0.717, 1.165) is 36.5 Å². The molecular formula is C14H19NO3. The van der Waals surface area contributed by atoms with Crippen molar-refractivity contribution in [2.45, 2.75) is 20.3 Å². The molecule has 2 rings (SSSR count). The smallest absolute Gasteiger partial charge is 0.128 e. The Morgan fingerprint density at radius 1 is 1.56 bits per heavy atom. The molecule has 1 unspecified atom stereocenters. The van der Waals surface area contributed by atoms with Crippen molar-refractivity contribution in [1.82, 2.24) is 0 Å². The van der Waals surface area contributed by atoms with Crippen LogP contribution in [0, 0.1) is 12.8 Å². The average Bonchev–Trinajstić information content (AvgIpc) is 2.88. The van der Waals surface area contributed by atoms with Crippen LogP contribution in [0.5, 0.6) is 5.75 Å². The van der Waals surface area contributed by atoms with Crippen molar-refractivity contribution in [2.24, 2.45) is 11.1 Å².